The number of phenols is 1. The number of likely N-dealkylation sites (tertiary alicyclic amines) is 1. The summed E-state index contributed by atoms with van der Waals surface area (Å²) < 4.78 is 19.2. The van der Waals surface area contributed by atoms with Crippen LogP contribution in [0.5, 0.6) is 11.5 Å². The number of carbonyl (C=O) groups excluding carboxylic acids is 4. The van der Waals surface area contributed by atoms with Crippen LogP contribution in [-0.2, 0) is 31.1 Å². The zero-order chi connectivity index (χ0) is 34.9. The van der Waals surface area contributed by atoms with Gasteiger partial charge in [0.05, 0.1) is 42.5 Å². The van der Waals surface area contributed by atoms with Crippen LogP contribution in [-0.4, -0.2) is 45.8 Å². The number of nitrogens with one attached hydrogen (secondary N) is 1. The van der Waals surface area contributed by atoms with Crippen molar-refractivity contribution in [3.63, 3.8) is 0 Å². The van der Waals surface area contributed by atoms with Crippen molar-refractivity contribution in [2.24, 2.45) is 23.7 Å². The maximum atomic E-state index is 15.2. The highest BCUT2D eigenvalue weighted by molar-refractivity contribution is 7.09. The van der Waals surface area contributed by atoms with Crippen LogP contribution >= 0.6 is 22.9 Å². The van der Waals surface area contributed by atoms with Crippen molar-refractivity contribution in [3.05, 3.63) is 123 Å². The Bertz CT molecular complexity index is 2070. The van der Waals surface area contributed by atoms with Crippen LogP contribution in [0.3, 0.4) is 0 Å². The first-order chi connectivity index (χ1) is 24.1. The molecule has 4 amide bonds. The molecule has 4 aromatic rings. The predicted octanol–water partition coefficient (Wildman–Crippen LogP) is 6.44. The molecule has 50 heavy (non-hydrogen) atoms. The minimum atomic E-state index is -1.60. The Hall–Kier alpha value is -5.00. The molecule has 2 aliphatic heterocycles. The quantitative estimate of drug-likeness (QED) is 0.168. The summed E-state index contributed by atoms with van der Waals surface area (Å²) in [4.78, 5) is 60.2. The van der Waals surface area contributed by atoms with Crippen molar-refractivity contribution < 1.29 is 33.4 Å². The Balaban J connectivity index is 1.32. The van der Waals surface area contributed by atoms with E-state index in [4.69, 9.17) is 16.3 Å². The number of hydrogen-bond donors (Lipinski definition) is 2. The number of nitrogens with zero attached hydrogens (tertiary/aromatic N) is 2. The number of methoxy groups -OCH3 is 1. The van der Waals surface area contributed by atoms with E-state index < -0.39 is 52.6 Å². The highest BCUT2D eigenvalue weighted by Gasteiger charge is 2.70. The monoisotopic (exact) mass is 711 g/mol. The summed E-state index contributed by atoms with van der Waals surface area (Å²) in [6.07, 6.45) is 2.29. The smallest absolute Gasteiger partial charge is 0.260 e. The van der Waals surface area contributed by atoms with E-state index in [0.717, 1.165) is 9.89 Å². The normalized spacial score (nSPS) is 27.2. The highest BCUT2D eigenvalue weighted by atomic mass is 35.5. The number of halogens is 2. The number of phenolic OH excluding ortho intramolecular Hbond substituents is 1. The number of hydrazine groups is 1. The van der Waals surface area contributed by atoms with E-state index in [9.17, 15) is 23.9 Å². The molecular formula is C38H31ClFN3O6S. The summed E-state index contributed by atoms with van der Waals surface area (Å²) in [5.41, 5.74) is 3.23. The number of anilines is 1. The molecule has 3 fully saturated rings. The van der Waals surface area contributed by atoms with Gasteiger partial charge in [0.1, 0.15) is 17.3 Å². The fourth-order valence-corrected chi connectivity index (χ4v) is 9.49. The van der Waals surface area contributed by atoms with Crippen molar-refractivity contribution in [1.82, 2.24) is 9.91 Å². The fourth-order valence-electron chi connectivity index (χ4n) is 8.67. The third-order valence-electron chi connectivity index (χ3n) is 10.8. The van der Waals surface area contributed by atoms with Gasteiger partial charge in [-0.1, -0.05) is 47.5 Å². The van der Waals surface area contributed by atoms with E-state index in [2.05, 4.69) is 5.43 Å². The van der Waals surface area contributed by atoms with Crippen LogP contribution in [0.15, 0.2) is 95.9 Å². The van der Waals surface area contributed by atoms with Gasteiger partial charge in [0.25, 0.3) is 11.8 Å². The molecule has 2 saturated heterocycles. The van der Waals surface area contributed by atoms with Gasteiger partial charge in [-0.3, -0.25) is 29.5 Å². The number of benzene rings is 3. The van der Waals surface area contributed by atoms with Crippen LogP contribution in [0.1, 0.15) is 34.8 Å². The summed E-state index contributed by atoms with van der Waals surface area (Å²) in [5, 5.41) is 14.9. The molecule has 1 saturated carbocycles. The number of rotatable bonds is 7. The van der Waals surface area contributed by atoms with E-state index in [1.165, 1.54) is 53.7 Å². The number of hydrogen-bond acceptors (Lipinski definition) is 8. The molecule has 0 radical (unpaired) electrons. The molecule has 3 aromatic carbocycles. The average Bonchev–Trinajstić information content (AvgIpc) is 3.78. The van der Waals surface area contributed by atoms with Crippen molar-refractivity contribution >= 4 is 52.3 Å². The minimum Gasteiger partial charge on any atom is -0.508 e. The molecule has 9 nitrogen and oxygen atoms in total. The molecule has 6 atom stereocenters. The second kappa shape index (κ2) is 12.1. The lowest BCUT2D eigenvalue weighted by atomic mass is 9.49. The summed E-state index contributed by atoms with van der Waals surface area (Å²) >= 11 is 7.80. The molecule has 4 aliphatic rings. The molecule has 6 unspecified atom stereocenters. The second-order valence-electron chi connectivity index (χ2n) is 13.1. The lowest BCUT2D eigenvalue weighted by molar-refractivity contribution is -0.141. The second-order valence-corrected chi connectivity index (χ2v) is 14.6. The van der Waals surface area contributed by atoms with Crippen LogP contribution in [0.4, 0.5) is 10.1 Å². The maximum Gasteiger partial charge on any atom is 0.260 e. The van der Waals surface area contributed by atoms with E-state index in [-0.39, 0.29) is 37.0 Å². The van der Waals surface area contributed by atoms with Gasteiger partial charge in [-0.05, 0) is 78.2 Å². The molecule has 0 bridgehead atoms. The first kappa shape index (κ1) is 32.2. The summed E-state index contributed by atoms with van der Waals surface area (Å²) in [7, 11) is 1.48. The van der Waals surface area contributed by atoms with Gasteiger partial charge in [-0.2, -0.15) is 5.01 Å². The van der Waals surface area contributed by atoms with Gasteiger partial charge >= 0.3 is 0 Å². The molecular weight excluding hydrogens is 681 g/mol. The predicted molar refractivity (Wildman–Crippen MR) is 184 cm³/mol. The molecule has 8 rings (SSSR count). The number of ether oxygens (including phenoxy) is 1. The topological polar surface area (TPSA) is 116 Å². The minimum absolute atomic E-state index is 0.0983. The highest BCUT2D eigenvalue weighted by Crippen LogP contribution is 2.65. The van der Waals surface area contributed by atoms with Gasteiger partial charge in [0.15, 0.2) is 0 Å². The van der Waals surface area contributed by atoms with Gasteiger partial charge in [-0.15, -0.1) is 11.3 Å². The van der Waals surface area contributed by atoms with Crippen LogP contribution in [0, 0.1) is 29.5 Å². The third kappa shape index (κ3) is 4.78. The maximum absolute atomic E-state index is 15.2. The number of carbonyl (C=O) groups is 4. The first-order valence-electron chi connectivity index (χ1n) is 16.2. The standard InChI is InChI=1S/C38H31ClFN3O6S/c1-49-24-12-13-27(31(44)17-24)33-26-14-15-28-32(36(47)42(34(28)45)19-25-3-2-16-50-25)29(26)18-30-35(46)43(41-23-10-8-22(40)9-11-23)37(48)38(30,33)20-4-6-21(39)7-5-20/h2-14,16-17,28-30,32-33,41,44H,15,18-19H2,1H3. The number of aromatic hydroxyl groups is 1. The molecule has 254 valence electrons. The first-order valence-corrected chi connectivity index (χ1v) is 17.5. The van der Waals surface area contributed by atoms with Gasteiger partial charge in [0, 0.05) is 27.4 Å². The summed E-state index contributed by atoms with van der Waals surface area (Å²) in [6.45, 7) is 0.165. The van der Waals surface area contributed by atoms with Crippen molar-refractivity contribution in [1.29, 1.82) is 0 Å². The zero-order valence-corrected chi connectivity index (χ0v) is 28.3. The number of imide groups is 2. The van der Waals surface area contributed by atoms with Crippen molar-refractivity contribution in [2.45, 2.75) is 30.7 Å². The molecule has 0 spiro atoms. The number of thiophene rings is 1. The van der Waals surface area contributed by atoms with Crippen LogP contribution in [0.25, 0.3) is 0 Å². The Kier molecular flexibility index (Phi) is 7.80. The Morgan fingerprint density at radius 1 is 0.980 bits per heavy atom. The van der Waals surface area contributed by atoms with Crippen molar-refractivity contribution in [3.8, 4) is 11.5 Å². The number of fused-ring (bicyclic) bond motifs is 4. The van der Waals surface area contributed by atoms with Crippen LogP contribution < -0.4 is 10.2 Å². The average molecular weight is 712 g/mol. The molecule has 3 heterocycles. The van der Waals surface area contributed by atoms with Crippen LogP contribution in [0.2, 0.25) is 5.02 Å². The zero-order valence-electron chi connectivity index (χ0n) is 26.7. The van der Waals surface area contributed by atoms with E-state index in [1.54, 1.807) is 36.4 Å². The third-order valence-corrected chi connectivity index (χ3v) is 11.9. The molecule has 1 aromatic heterocycles. The summed E-state index contributed by atoms with van der Waals surface area (Å²) in [5.74, 6) is -5.82. The van der Waals surface area contributed by atoms with Gasteiger partial charge < -0.3 is 9.84 Å². The Morgan fingerprint density at radius 3 is 2.42 bits per heavy atom. The number of amides is 4. The van der Waals surface area contributed by atoms with Gasteiger partial charge in [0.2, 0.25) is 11.8 Å². The fraction of sp³-hybridized carbons (Fsp3) is 0.263. The summed E-state index contributed by atoms with van der Waals surface area (Å²) in [6, 6.07) is 20.6. The molecule has 2 aliphatic carbocycles. The number of allylic oxidation sites excluding steroid dienone is 2. The lowest BCUT2D eigenvalue weighted by Crippen LogP contribution is -2.53. The largest absolute Gasteiger partial charge is 0.508 e. The Morgan fingerprint density at radius 2 is 1.74 bits per heavy atom. The molecule has 2 N–H and O–H groups in total. The SMILES string of the molecule is COc1ccc(C2C3=CCC4C(=O)N(Cc5cccs5)C(=O)C4C3CC3C(=O)N(Nc4ccc(F)cc4)C(=O)C32c2ccc(Cl)cc2)c(O)c1. The Labute approximate surface area is 295 Å². The molecule has 12 heteroatoms. The van der Waals surface area contributed by atoms with E-state index >= 15 is 4.79 Å². The van der Waals surface area contributed by atoms with Crippen molar-refractivity contribution in [2.75, 3.05) is 12.5 Å². The van der Waals surface area contributed by atoms with E-state index in [0.29, 0.717) is 33.2 Å². The van der Waals surface area contributed by atoms with E-state index in [1.807, 2.05) is 23.6 Å². The van der Waals surface area contributed by atoms with Gasteiger partial charge in [-0.25, -0.2) is 4.39 Å². The lowest BCUT2D eigenvalue weighted by Gasteiger charge is -2.50.